The SMILES string of the molecule is CCC1C(=O)NC(=O)CN1CC(=O)O. The first-order valence-corrected chi connectivity index (χ1v) is 4.34. The van der Waals surface area contributed by atoms with Gasteiger partial charge in [0.2, 0.25) is 11.8 Å². The fraction of sp³-hybridized carbons (Fsp3) is 0.625. The monoisotopic (exact) mass is 200 g/mol. The molecule has 6 heteroatoms. The van der Waals surface area contributed by atoms with Gasteiger partial charge in [-0.1, -0.05) is 6.92 Å². The molecule has 0 spiro atoms. The zero-order valence-corrected chi connectivity index (χ0v) is 7.82. The number of piperazine rings is 1. The molecule has 0 aliphatic carbocycles. The molecule has 2 N–H and O–H groups in total. The first-order chi connectivity index (χ1) is 6.54. The van der Waals surface area contributed by atoms with E-state index < -0.39 is 23.8 Å². The van der Waals surface area contributed by atoms with Gasteiger partial charge >= 0.3 is 5.97 Å². The summed E-state index contributed by atoms with van der Waals surface area (Å²) in [6.07, 6.45) is 0.492. The number of hydrogen-bond donors (Lipinski definition) is 2. The lowest BCUT2D eigenvalue weighted by Crippen LogP contribution is -2.58. The van der Waals surface area contributed by atoms with E-state index in [1.807, 2.05) is 0 Å². The first kappa shape index (κ1) is 10.6. The van der Waals surface area contributed by atoms with E-state index in [2.05, 4.69) is 5.32 Å². The summed E-state index contributed by atoms with van der Waals surface area (Å²) in [5.74, 6) is -1.89. The molecule has 1 unspecified atom stereocenters. The van der Waals surface area contributed by atoms with Gasteiger partial charge in [0.15, 0.2) is 0 Å². The number of imide groups is 1. The number of nitrogens with zero attached hydrogens (tertiary/aromatic N) is 1. The van der Waals surface area contributed by atoms with Crippen molar-refractivity contribution < 1.29 is 19.5 Å². The number of carbonyl (C=O) groups excluding carboxylic acids is 2. The molecule has 0 aromatic heterocycles. The van der Waals surface area contributed by atoms with Crippen LogP contribution in [0, 0.1) is 0 Å². The van der Waals surface area contributed by atoms with Crippen molar-refractivity contribution in [3.05, 3.63) is 0 Å². The summed E-state index contributed by atoms with van der Waals surface area (Å²) in [6, 6.07) is -0.510. The van der Waals surface area contributed by atoms with Gasteiger partial charge in [-0.3, -0.25) is 24.6 Å². The van der Waals surface area contributed by atoms with Crippen LogP contribution in [-0.4, -0.2) is 46.9 Å². The highest BCUT2D eigenvalue weighted by Crippen LogP contribution is 2.08. The van der Waals surface area contributed by atoms with Gasteiger partial charge < -0.3 is 5.11 Å². The van der Waals surface area contributed by atoms with Crippen LogP contribution in [-0.2, 0) is 14.4 Å². The summed E-state index contributed by atoms with van der Waals surface area (Å²) in [7, 11) is 0. The molecular weight excluding hydrogens is 188 g/mol. The Morgan fingerprint density at radius 2 is 2.29 bits per heavy atom. The van der Waals surface area contributed by atoms with Crippen LogP contribution in [0.1, 0.15) is 13.3 Å². The minimum absolute atomic E-state index is 0.0312. The maximum absolute atomic E-state index is 11.3. The van der Waals surface area contributed by atoms with E-state index in [0.717, 1.165) is 0 Å². The molecule has 1 fully saturated rings. The predicted octanol–water partition coefficient (Wildman–Crippen LogP) is -1.19. The molecule has 1 aliphatic rings. The summed E-state index contributed by atoms with van der Waals surface area (Å²) < 4.78 is 0. The number of rotatable bonds is 3. The van der Waals surface area contributed by atoms with E-state index in [-0.39, 0.29) is 13.1 Å². The van der Waals surface area contributed by atoms with Gasteiger partial charge in [-0.2, -0.15) is 0 Å². The summed E-state index contributed by atoms with van der Waals surface area (Å²) in [4.78, 5) is 34.0. The highest BCUT2D eigenvalue weighted by atomic mass is 16.4. The summed E-state index contributed by atoms with van der Waals surface area (Å²) in [5.41, 5.74) is 0. The van der Waals surface area contributed by atoms with Crippen molar-refractivity contribution in [2.45, 2.75) is 19.4 Å². The average molecular weight is 200 g/mol. The average Bonchev–Trinajstić information content (AvgIpc) is 2.01. The van der Waals surface area contributed by atoms with Crippen LogP contribution in [0.2, 0.25) is 0 Å². The quantitative estimate of drug-likeness (QED) is 0.559. The fourth-order valence-electron chi connectivity index (χ4n) is 1.50. The van der Waals surface area contributed by atoms with Crippen LogP contribution in [0.5, 0.6) is 0 Å². The van der Waals surface area contributed by atoms with Gasteiger partial charge in [-0.05, 0) is 6.42 Å². The molecular formula is C8H12N2O4. The molecule has 2 amide bonds. The van der Waals surface area contributed by atoms with Crippen LogP contribution in [0.25, 0.3) is 0 Å². The van der Waals surface area contributed by atoms with E-state index >= 15 is 0 Å². The van der Waals surface area contributed by atoms with Crippen LogP contribution >= 0.6 is 0 Å². The first-order valence-electron chi connectivity index (χ1n) is 4.34. The van der Waals surface area contributed by atoms with Gasteiger partial charge in [0.05, 0.1) is 19.1 Å². The Morgan fingerprint density at radius 1 is 1.64 bits per heavy atom. The largest absolute Gasteiger partial charge is 0.480 e. The Morgan fingerprint density at radius 3 is 2.79 bits per heavy atom. The third kappa shape index (κ3) is 2.29. The number of carboxylic acids is 1. The lowest BCUT2D eigenvalue weighted by Gasteiger charge is -2.31. The minimum atomic E-state index is -1.04. The molecule has 1 aliphatic heterocycles. The highest BCUT2D eigenvalue weighted by Gasteiger charge is 2.33. The van der Waals surface area contributed by atoms with E-state index in [1.165, 1.54) is 4.90 Å². The van der Waals surface area contributed by atoms with Crippen molar-refractivity contribution in [3.63, 3.8) is 0 Å². The van der Waals surface area contributed by atoms with Crippen molar-refractivity contribution in [1.82, 2.24) is 10.2 Å². The number of amides is 2. The van der Waals surface area contributed by atoms with Gasteiger partial charge in [0.1, 0.15) is 0 Å². The molecule has 1 rings (SSSR count). The Bertz CT molecular complexity index is 275. The van der Waals surface area contributed by atoms with Crippen molar-refractivity contribution in [3.8, 4) is 0 Å². The van der Waals surface area contributed by atoms with E-state index in [1.54, 1.807) is 6.92 Å². The van der Waals surface area contributed by atoms with Gasteiger partial charge in [-0.25, -0.2) is 0 Å². The molecule has 1 atom stereocenters. The molecule has 1 heterocycles. The third-order valence-electron chi connectivity index (χ3n) is 2.08. The van der Waals surface area contributed by atoms with Crippen molar-refractivity contribution in [2.24, 2.45) is 0 Å². The Balaban J connectivity index is 2.72. The standard InChI is InChI=1S/C8H12N2O4/c1-2-5-8(14)9-6(11)3-10(5)4-7(12)13/h5H,2-4H2,1H3,(H,12,13)(H,9,11,14). The molecule has 0 radical (unpaired) electrons. The zero-order chi connectivity index (χ0) is 10.7. The van der Waals surface area contributed by atoms with Crippen molar-refractivity contribution in [1.29, 1.82) is 0 Å². The predicted molar refractivity (Wildman–Crippen MR) is 46.4 cm³/mol. The van der Waals surface area contributed by atoms with Crippen LogP contribution < -0.4 is 5.32 Å². The molecule has 14 heavy (non-hydrogen) atoms. The zero-order valence-electron chi connectivity index (χ0n) is 7.82. The molecule has 78 valence electrons. The second-order valence-corrected chi connectivity index (χ2v) is 3.14. The molecule has 0 aromatic carbocycles. The molecule has 0 bridgehead atoms. The second-order valence-electron chi connectivity index (χ2n) is 3.14. The normalized spacial score (nSPS) is 23.4. The molecule has 0 aromatic rings. The lowest BCUT2D eigenvalue weighted by atomic mass is 10.1. The number of carboxylic acid groups (broad SMARTS) is 1. The number of carbonyl (C=O) groups is 3. The van der Waals surface area contributed by atoms with E-state index in [0.29, 0.717) is 6.42 Å². The highest BCUT2D eigenvalue weighted by molar-refractivity contribution is 6.01. The minimum Gasteiger partial charge on any atom is -0.480 e. The van der Waals surface area contributed by atoms with Crippen LogP contribution in [0.3, 0.4) is 0 Å². The van der Waals surface area contributed by atoms with Crippen molar-refractivity contribution in [2.75, 3.05) is 13.1 Å². The van der Waals surface area contributed by atoms with Gasteiger partial charge in [-0.15, -0.1) is 0 Å². The number of hydrogen-bond acceptors (Lipinski definition) is 4. The molecule has 6 nitrogen and oxygen atoms in total. The van der Waals surface area contributed by atoms with E-state index in [4.69, 9.17) is 5.11 Å². The summed E-state index contributed by atoms with van der Waals surface area (Å²) >= 11 is 0. The number of nitrogens with one attached hydrogen (secondary N) is 1. The fourth-order valence-corrected chi connectivity index (χ4v) is 1.50. The third-order valence-corrected chi connectivity index (χ3v) is 2.08. The maximum atomic E-state index is 11.3. The Hall–Kier alpha value is -1.43. The van der Waals surface area contributed by atoms with E-state index in [9.17, 15) is 14.4 Å². The molecule has 1 saturated heterocycles. The van der Waals surface area contributed by atoms with Gasteiger partial charge in [0, 0.05) is 0 Å². The smallest absolute Gasteiger partial charge is 0.317 e. The summed E-state index contributed by atoms with van der Waals surface area (Å²) in [6.45, 7) is 1.46. The lowest BCUT2D eigenvalue weighted by molar-refractivity contribution is -0.145. The summed E-state index contributed by atoms with van der Waals surface area (Å²) in [5, 5.41) is 10.7. The van der Waals surface area contributed by atoms with Crippen LogP contribution in [0.4, 0.5) is 0 Å². The second kappa shape index (κ2) is 4.19. The van der Waals surface area contributed by atoms with Crippen LogP contribution in [0.15, 0.2) is 0 Å². The Kier molecular flexibility index (Phi) is 3.19. The number of aliphatic carboxylic acids is 1. The van der Waals surface area contributed by atoms with Crippen molar-refractivity contribution >= 4 is 17.8 Å². The maximum Gasteiger partial charge on any atom is 0.317 e. The molecule has 0 saturated carbocycles. The van der Waals surface area contributed by atoms with Gasteiger partial charge in [0.25, 0.3) is 0 Å². The Labute approximate surface area is 80.9 Å². The topological polar surface area (TPSA) is 86.7 Å².